The molecule has 136 valence electrons. The molecule has 0 saturated carbocycles. The molecule has 0 bridgehead atoms. The van der Waals surface area contributed by atoms with Crippen LogP contribution in [0.25, 0.3) is 5.65 Å². The number of imidazole rings is 1. The van der Waals surface area contributed by atoms with Gasteiger partial charge in [0.15, 0.2) is 5.03 Å². The van der Waals surface area contributed by atoms with Crippen molar-refractivity contribution in [3.8, 4) is 0 Å². The SMILES string of the molecule is O=S(=O)(c1cnc2ccccn12)N1CCCN(Cc2ccccn2)CC1. The van der Waals surface area contributed by atoms with Crippen molar-refractivity contribution in [2.24, 2.45) is 0 Å². The molecule has 0 aromatic carbocycles. The second-order valence-corrected chi connectivity index (χ2v) is 8.26. The van der Waals surface area contributed by atoms with Gasteiger partial charge in [0.2, 0.25) is 0 Å². The summed E-state index contributed by atoms with van der Waals surface area (Å²) in [6.07, 6.45) is 5.76. The van der Waals surface area contributed by atoms with Crippen LogP contribution in [-0.2, 0) is 16.6 Å². The molecule has 0 radical (unpaired) electrons. The van der Waals surface area contributed by atoms with Crippen LogP contribution in [-0.4, -0.2) is 58.2 Å². The Kier molecular flexibility index (Phi) is 4.71. The largest absolute Gasteiger partial charge is 0.296 e. The summed E-state index contributed by atoms with van der Waals surface area (Å²) in [5, 5.41) is 0.228. The Morgan fingerprint density at radius 3 is 2.69 bits per heavy atom. The molecule has 3 aromatic rings. The molecule has 8 heteroatoms. The van der Waals surface area contributed by atoms with Gasteiger partial charge in [-0.15, -0.1) is 0 Å². The Labute approximate surface area is 153 Å². The number of sulfonamides is 1. The number of hydrogen-bond donors (Lipinski definition) is 0. The second-order valence-electron chi connectivity index (χ2n) is 6.38. The highest BCUT2D eigenvalue weighted by atomic mass is 32.2. The first-order chi connectivity index (χ1) is 12.6. The lowest BCUT2D eigenvalue weighted by Gasteiger charge is -2.21. The molecule has 1 aliphatic heterocycles. The molecule has 3 aromatic heterocycles. The number of pyridine rings is 2. The summed E-state index contributed by atoms with van der Waals surface area (Å²) in [5.41, 5.74) is 1.64. The Bertz CT molecular complexity index is 987. The molecular weight excluding hydrogens is 350 g/mol. The summed E-state index contributed by atoms with van der Waals surface area (Å²) in [7, 11) is -3.57. The van der Waals surface area contributed by atoms with Gasteiger partial charge in [-0.05, 0) is 37.2 Å². The van der Waals surface area contributed by atoms with Crippen LogP contribution in [0.15, 0.2) is 60.0 Å². The van der Waals surface area contributed by atoms with Gasteiger partial charge in [0.25, 0.3) is 10.0 Å². The number of fused-ring (bicyclic) bond motifs is 1. The first-order valence-electron chi connectivity index (χ1n) is 8.69. The molecule has 0 spiro atoms. The van der Waals surface area contributed by atoms with Gasteiger partial charge in [-0.2, -0.15) is 4.31 Å². The van der Waals surface area contributed by atoms with Gasteiger partial charge in [0, 0.05) is 38.6 Å². The normalized spacial score (nSPS) is 17.4. The third-order valence-corrected chi connectivity index (χ3v) is 6.52. The van der Waals surface area contributed by atoms with E-state index in [1.54, 1.807) is 27.2 Å². The number of hydrogen-bond acceptors (Lipinski definition) is 5. The summed E-state index contributed by atoms with van der Waals surface area (Å²) in [6.45, 7) is 3.27. The molecule has 0 amide bonds. The second kappa shape index (κ2) is 7.14. The molecule has 0 N–H and O–H groups in total. The van der Waals surface area contributed by atoms with Crippen molar-refractivity contribution in [1.29, 1.82) is 0 Å². The van der Waals surface area contributed by atoms with E-state index in [0.29, 0.717) is 25.3 Å². The summed E-state index contributed by atoms with van der Waals surface area (Å²) in [4.78, 5) is 10.8. The highest BCUT2D eigenvalue weighted by Crippen LogP contribution is 2.19. The standard InChI is InChI=1S/C18H21N5O2S/c24-26(25,18-14-20-17-7-2-4-11-23(17)18)22-10-5-9-21(12-13-22)15-16-6-1-3-8-19-16/h1-4,6-8,11,14H,5,9-10,12-13,15H2. The molecule has 1 aliphatic rings. The highest BCUT2D eigenvalue weighted by molar-refractivity contribution is 7.89. The van der Waals surface area contributed by atoms with E-state index in [4.69, 9.17) is 0 Å². The molecule has 4 rings (SSSR count). The first kappa shape index (κ1) is 17.1. The zero-order valence-corrected chi connectivity index (χ0v) is 15.2. The topological polar surface area (TPSA) is 70.8 Å². The quantitative estimate of drug-likeness (QED) is 0.697. The van der Waals surface area contributed by atoms with Crippen LogP contribution in [0, 0.1) is 0 Å². The van der Waals surface area contributed by atoms with Crippen molar-refractivity contribution in [1.82, 2.24) is 23.6 Å². The molecule has 1 fully saturated rings. The summed E-state index contributed by atoms with van der Waals surface area (Å²) < 4.78 is 29.4. The van der Waals surface area contributed by atoms with Crippen molar-refractivity contribution in [2.75, 3.05) is 26.2 Å². The van der Waals surface area contributed by atoms with E-state index in [0.717, 1.165) is 25.2 Å². The summed E-state index contributed by atoms with van der Waals surface area (Å²) >= 11 is 0. The van der Waals surface area contributed by atoms with Gasteiger partial charge < -0.3 is 0 Å². The fourth-order valence-electron chi connectivity index (χ4n) is 3.30. The minimum absolute atomic E-state index is 0.228. The number of aromatic nitrogens is 3. The molecule has 0 aliphatic carbocycles. The molecule has 7 nitrogen and oxygen atoms in total. The molecule has 4 heterocycles. The third-order valence-electron chi connectivity index (χ3n) is 4.65. The third kappa shape index (κ3) is 3.35. The van der Waals surface area contributed by atoms with Crippen LogP contribution in [0.4, 0.5) is 0 Å². The minimum Gasteiger partial charge on any atom is -0.296 e. The van der Waals surface area contributed by atoms with Crippen molar-refractivity contribution in [3.05, 3.63) is 60.7 Å². The van der Waals surface area contributed by atoms with Crippen LogP contribution in [0.1, 0.15) is 12.1 Å². The van der Waals surface area contributed by atoms with Crippen molar-refractivity contribution >= 4 is 15.7 Å². The number of nitrogens with zero attached hydrogens (tertiary/aromatic N) is 5. The van der Waals surface area contributed by atoms with Gasteiger partial charge in [-0.25, -0.2) is 13.4 Å². The van der Waals surface area contributed by atoms with Crippen LogP contribution < -0.4 is 0 Å². The molecular formula is C18H21N5O2S. The van der Waals surface area contributed by atoms with Crippen LogP contribution in [0.3, 0.4) is 0 Å². The van der Waals surface area contributed by atoms with Gasteiger partial charge in [-0.3, -0.25) is 14.3 Å². The van der Waals surface area contributed by atoms with E-state index < -0.39 is 10.0 Å². The van der Waals surface area contributed by atoms with E-state index in [-0.39, 0.29) is 5.03 Å². The van der Waals surface area contributed by atoms with Gasteiger partial charge in [-0.1, -0.05) is 12.1 Å². The zero-order chi connectivity index (χ0) is 18.0. The zero-order valence-electron chi connectivity index (χ0n) is 14.4. The molecule has 1 saturated heterocycles. The van der Waals surface area contributed by atoms with Gasteiger partial charge in [0.05, 0.1) is 11.9 Å². The Morgan fingerprint density at radius 2 is 1.85 bits per heavy atom. The number of rotatable bonds is 4. The average Bonchev–Trinajstić information content (AvgIpc) is 2.96. The monoisotopic (exact) mass is 371 g/mol. The van der Waals surface area contributed by atoms with E-state index in [1.165, 1.54) is 6.20 Å². The smallest absolute Gasteiger partial charge is 0.260 e. The summed E-state index contributed by atoms with van der Waals surface area (Å²) in [5.74, 6) is 0. The lowest BCUT2D eigenvalue weighted by Crippen LogP contribution is -2.35. The minimum atomic E-state index is -3.57. The molecule has 0 atom stereocenters. The van der Waals surface area contributed by atoms with E-state index in [1.807, 2.05) is 30.3 Å². The van der Waals surface area contributed by atoms with Crippen molar-refractivity contribution < 1.29 is 8.42 Å². The van der Waals surface area contributed by atoms with Gasteiger partial charge >= 0.3 is 0 Å². The van der Waals surface area contributed by atoms with E-state index in [9.17, 15) is 8.42 Å². The predicted octanol–water partition coefficient (Wildman–Crippen LogP) is 1.63. The Balaban J connectivity index is 1.51. The maximum atomic E-state index is 13.1. The van der Waals surface area contributed by atoms with Crippen LogP contribution in [0.2, 0.25) is 0 Å². The van der Waals surface area contributed by atoms with E-state index >= 15 is 0 Å². The summed E-state index contributed by atoms with van der Waals surface area (Å²) in [6, 6.07) is 11.3. The van der Waals surface area contributed by atoms with E-state index in [2.05, 4.69) is 14.9 Å². The Morgan fingerprint density at radius 1 is 0.962 bits per heavy atom. The molecule has 0 unspecified atom stereocenters. The van der Waals surface area contributed by atoms with Crippen LogP contribution >= 0.6 is 0 Å². The lowest BCUT2D eigenvalue weighted by molar-refractivity contribution is 0.275. The fourth-order valence-corrected chi connectivity index (χ4v) is 4.84. The maximum Gasteiger partial charge on any atom is 0.260 e. The lowest BCUT2D eigenvalue weighted by atomic mass is 10.3. The Hall–Kier alpha value is -2.29. The maximum absolute atomic E-state index is 13.1. The van der Waals surface area contributed by atoms with Gasteiger partial charge in [0.1, 0.15) is 5.65 Å². The first-order valence-corrected chi connectivity index (χ1v) is 10.1. The predicted molar refractivity (Wildman–Crippen MR) is 98.1 cm³/mol. The average molecular weight is 371 g/mol. The fraction of sp³-hybridized carbons (Fsp3) is 0.333. The van der Waals surface area contributed by atoms with Crippen molar-refractivity contribution in [2.45, 2.75) is 18.0 Å². The molecule has 26 heavy (non-hydrogen) atoms. The van der Waals surface area contributed by atoms with Crippen LogP contribution in [0.5, 0.6) is 0 Å². The van der Waals surface area contributed by atoms with Crippen molar-refractivity contribution in [3.63, 3.8) is 0 Å². The highest BCUT2D eigenvalue weighted by Gasteiger charge is 2.29.